The van der Waals surface area contributed by atoms with Crippen molar-refractivity contribution in [2.24, 2.45) is 0 Å². The molecule has 0 saturated carbocycles. The molecule has 0 aliphatic heterocycles. The number of rotatable bonds is 2. The zero-order valence-electron chi connectivity index (χ0n) is 10.6. The first kappa shape index (κ1) is 11.9. The number of aromatic nitrogens is 3. The normalized spacial score (nSPS) is 11.2. The fourth-order valence-corrected chi connectivity index (χ4v) is 2.23. The fourth-order valence-electron chi connectivity index (χ4n) is 1.57. The zero-order chi connectivity index (χ0) is 12.3. The van der Waals surface area contributed by atoms with E-state index in [-0.39, 0.29) is 0 Å². The Hall–Kier alpha value is -1.60. The van der Waals surface area contributed by atoms with E-state index in [1.807, 2.05) is 28.9 Å². The summed E-state index contributed by atoms with van der Waals surface area (Å²) in [5.74, 6) is 3.25. The molecule has 0 unspecified atom stereocenters. The molecule has 0 bridgehead atoms. The fraction of sp³-hybridized carbons (Fsp3) is 0.385. The van der Waals surface area contributed by atoms with Crippen molar-refractivity contribution in [1.82, 2.24) is 15.0 Å². The van der Waals surface area contributed by atoms with Gasteiger partial charge in [0.15, 0.2) is 0 Å². The molecule has 4 heteroatoms. The largest absolute Gasteiger partial charge is 0.244 e. The average Bonchev–Trinajstić information content (AvgIpc) is 2.67. The second-order valence-corrected chi connectivity index (χ2v) is 9.85. The quantitative estimate of drug-likeness (QED) is 0.600. The van der Waals surface area contributed by atoms with Crippen molar-refractivity contribution in [3.8, 4) is 11.5 Å². The van der Waals surface area contributed by atoms with Gasteiger partial charge in [-0.15, -0.1) is 16.6 Å². The van der Waals surface area contributed by atoms with E-state index in [4.69, 9.17) is 0 Å². The highest BCUT2D eigenvalue weighted by Gasteiger charge is 2.07. The molecule has 1 aromatic carbocycles. The molecule has 3 nitrogen and oxygen atoms in total. The standard InChI is InChI=1S/C13H17N3Si/c1-17(2,3)11-7-6-10-16-13-9-5-4-8-12(13)14-15-16/h4-5,8-9H,6,10H2,1-3H3. The Balaban J connectivity index is 2.07. The van der Waals surface area contributed by atoms with E-state index in [9.17, 15) is 0 Å². The molecule has 2 rings (SSSR count). The summed E-state index contributed by atoms with van der Waals surface area (Å²) >= 11 is 0. The van der Waals surface area contributed by atoms with E-state index in [1.165, 1.54) is 0 Å². The van der Waals surface area contributed by atoms with Crippen LogP contribution in [-0.2, 0) is 6.54 Å². The van der Waals surface area contributed by atoms with Crippen molar-refractivity contribution >= 4 is 19.1 Å². The van der Waals surface area contributed by atoms with E-state index in [1.54, 1.807) is 0 Å². The van der Waals surface area contributed by atoms with E-state index in [0.29, 0.717) is 0 Å². The van der Waals surface area contributed by atoms with Crippen LogP contribution in [0.2, 0.25) is 19.6 Å². The van der Waals surface area contributed by atoms with Gasteiger partial charge in [0, 0.05) is 6.42 Å². The van der Waals surface area contributed by atoms with Gasteiger partial charge in [-0.1, -0.05) is 37.0 Å². The van der Waals surface area contributed by atoms with Crippen LogP contribution in [0.25, 0.3) is 11.0 Å². The summed E-state index contributed by atoms with van der Waals surface area (Å²) in [5.41, 5.74) is 5.39. The molecule has 0 aliphatic rings. The second-order valence-electron chi connectivity index (χ2n) is 5.10. The minimum Gasteiger partial charge on any atom is -0.244 e. The SMILES string of the molecule is C[Si](C)(C)C#CCCn1nnc2ccccc21. The van der Waals surface area contributed by atoms with Crippen LogP contribution in [0.5, 0.6) is 0 Å². The maximum absolute atomic E-state index is 4.14. The molecule has 0 radical (unpaired) electrons. The molecule has 88 valence electrons. The van der Waals surface area contributed by atoms with Gasteiger partial charge < -0.3 is 0 Å². The van der Waals surface area contributed by atoms with E-state index < -0.39 is 8.07 Å². The van der Waals surface area contributed by atoms with E-state index >= 15 is 0 Å². The minimum absolute atomic E-state index is 0.817. The number of hydrogen-bond donors (Lipinski definition) is 0. The average molecular weight is 243 g/mol. The van der Waals surface area contributed by atoms with Crippen LogP contribution in [0.4, 0.5) is 0 Å². The minimum atomic E-state index is -1.24. The lowest BCUT2D eigenvalue weighted by atomic mass is 10.3. The van der Waals surface area contributed by atoms with Crippen molar-refractivity contribution in [1.29, 1.82) is 0 Å². The van der Waals surface area contributed by atoms with Gasteiger partial charge in [0.25, 0.3) is 0 Å². The molecule has 0 atom stereocenters. The summed E-state index contributed by atoms with van der Waals surface area (Å²) in [6.07, 6.45) is 0.845. The van der Waals surface area contributed by atoms with Crippen LogP contribution in [0.15, 0.2) is 24.3 Å². The molecule has 2 aromatic rings. The topological polar surface area (TPSA) is 30.7 Å². The summed E-state index contributed by atoms with van der Waals surface area (Å²) < 4.78 is 1.92. The lowest BCUT2D eigenvalue weighted by Crippen LogP contribution is -2.16. The monoisotopic (exact) mass is 243 g/mol. The number of hydrogen-bond acceptors (Lipinski definition) is 2. The predicted octanol–water partition coefficient (Wildman–Crippen LogP) is 2.70. The Kier molecular flexibility index (Phi) is 3.30. The Bertz CT molecular complexity index is 569. The number of benzene rings is 1. The van der Waals surface area contributed by atoms with Gasteiger partial charge in [0.05, 0.1) is 12.1 Å². The first-order valence-corrected chi connectivity index (χ1v) is 9.34. The molecule has 17 heavy (non-hydrogen) atoms. The highest BCUT2D eigenvalue weighted by molar-refractivity contribution is 6.83. The highest BCUT2D eigenvalue weighted by Crippen LogP contribution is 2.09. The Morgan fingerprint density at radius 2 is 2.00 bits per heavy atom. The van der Waals surface area contributed by atoms with Crippen LogP contribution in [0.3, 0.4) is 0 Å². The van der Waals surface area contributed by atoms with E-state index in [0.717, 1.165) is 24.0 Å². The van der Waals surface area contributed by atoms with Crippen molar-refractivity contribution in [2.75, 3.05) is 0 Å². The van der Waals surface area contributed by atoms with Gasteiger partial charge >= 0.3 is 0 Å². The second kappa shape index (κ2) is 4.72. The zero-order valence-corrected chi connectivity index (χ0v) is 11.6. The molecule has 0 N–H and O–H groups in total. The number of aryl methyl sites for hydroxylation is 1. The molecule has 0 amide bonds. The summed E-state index contributed by atoms with van der Waals surface area (Å²) in [6.45, 7) is 7.58. The first-order chi connectivity index (χ1) is 8.06. The molecule has 0 spiro atoms. The summed E-state index contributed by atoms with van der Waals surface area (Å²) in [5, 5.41) is 8.26. The molecule has 1 heterocycles. The Morgan fingerprint density at radius 3 is 2.76 bits per heavy atom. The van der Waals surface area contributed by atoms with Gasteiger partial charge in [-0.2, -0.15) is 0 Å². The number of fused-ring (bicyclic) bond motifs is 1. The molecule has 0 saturated heterocycles. The lowest BCUT2D eigenvalue weighted by Gasteiger charge is -2.03. The number of nitrogens with zero attached hydrogens (tertiary/aromatic N) is 3. The maximum Gasteiger partial charge on any atom is 0.129 e. The van der Waals surface area contributed by atoms with Crippen LogP contribution < -0.4 is 0 Å². The van der Waals surface area contributed by atoms with Crippen molar-refractivity contribution < 1.29 is 0 Å². The predicted molar refractivity (Wildman–Crippen MR) is 73.3 cm³/mol. The van der Waals surface area contributed by atoms with Gasteiger partial charge in [0.1, 0.15) is 13.6 Å². The van der Waals surface area contributed by atoms with Crippen molar-refractivity contribution in [3.63, 3.8) is 0 Å². The third-order valence-corrected chi connectivity index (χ3v) is 3.26. The first-order valence-electron chi connectivity index (χ1n) is 5.84. The van der Waals surface area contributed by atoms with Crippen LogP contribution >= 0.6 is 0 Å². The summed E-state index contributed by atoms with van der Waals surface area (Å²) in [4.78, 5) is 0. The van der Waals surface area contributed by atoms with Gasteiger partial charge in [-0.3, -0.25) is 0 Å². The van der Waals surface area contributed by atoms with Crippen LogP contribution in [0.1, 0.15) is 6.42 Å². The summed E-state index contributed by atoms with van der Waals surface area (Å²) in [6, 6.07) is 8.01. The molecule has 1 aromatic heterocycles. The summed E-state index contributed by atoms with van der Waals surface area (Å²) in [7, 11) is -1.24. The van der Waals surface area contributed by atoms with Gasteiger partial charge in [-0.05, 0) is 12.1 Å². The molecular formula is C13H17N3Si. The third-order valence-electron chi connectivity index (χ3n) is 2.33. The third kappa shape index (κ3) is 3.18. The highest BCUT2D eigenvalue weighted by atomic mass is 28.3. The van der Waals surface area contributed by atoms with Crippen LogP contribution in [0, 0.1) is 11.5 Å². The molecule has 0 fully saturated rings. The lowest BCUT2D eigenvalue weighted by molar-refractivity contribution is 0.620. The Labute approximate surface area is 103 Å². The van der Waals surface area contributed by atoms with Crippen molar-refractivity contribution in [2.45, 2.75) is 32.6 Å². The number of para-hydroxylation sites is 1. The smallest absolute Gasteiger partial charge is 0.129 e. The van der Waals surface area contributed by atoms with Gasteiger partial charge in [-0.25, -0.2) is 4.68 Å². The van der Waals surface area contributed by atoms with Gasteiger partial charge in [0.2, 0.25) is 0 Å². The van der Waals surface area contributed by atoms with Crippen LogP contribution in [-0.4, -0.2) is 23.1 Å². The Morgan fingerprint density at radius 1 is 1.24 bits per heavy atom. The van der Waals surface area contributed by atoms with Crippen molar-refractivity contribution in [3.05, 3.63) is 24.3 Å². The molecular weight excluding hydrogens is 226 g/mol. The van der Waals surface area contributed by atoms with E-state index in [2.05, 4.69) is 41.4 Å². The molecule has 0 aliphatic carbocycles. The maximum atomic E-state index is 4.14.